The van der Waals surface area contributed by atoms with Crippen LogP contribution in [0.25, 0.3) is 11.1 Å². The average Bonchev–Trinajstić information content (AvgIpc) is 2.41. The molecule has 0 aliphatic heterocycles. The molecule has 0 fully saturated rings. The molecule has 0 unspecified atom stereocenters. The van der Waals surface area contributed by atoms with E-state index in [9.17, 15) is 0 Å². The van der Waals surface area contributed by atoms with Gasteiger partial charge in [0.15, 0.2) is 0 Å². The smallest absolute Gasteiger partial charge is 0.246 e. The van der Waals surface area contributed by atoms with E-state index in [1.165, 1.54) is 22.3 Å². The minimum atomic E-state index is 0.746. The summed E-state index contributed by atoms with van der Waals surface area (Å²) >= 11 is 0. The van der Waals surface area contributed by atoms with Crippen LogP contribution in [0, 0.1) is 6.92 Å². The fourth-order valence-electron chi connectivity index (χ4n) is 2.10. The lowest BCUT2D eigenvalue weighted by molar-refractivity contribution is 0.341. The highest BCUT2D eigenvalue weighted by Crippen LogP contribution is 2.23. The van der Waals surface area contributed by atoms with Crippen molar-refractivity contribution in [2.24, 2.45) is 0 Å². The zero-order chi connectivity index (χ0) is 12.8. The first kappa shape index (κ1) is 13.1. The van der Waals surface area contributed by atoms with Crippen LogP contribution in [-0.4, -0.2) is 17.1 Å². The summed E-state index contributed by atoms with van der Waals surface area (Å²) in [7, 11) is 3.02. The summed E-state index contributed by atoms with van der Waals surface area (Å²) in [5.74, 6) is 0. The fourth-order valence-corrected chi connectivity index (χ4v) is 2.24. The first-order valence-electron chi connectivity index (χ1n) is 6.25. The Kier molecular flexibility index (Phi) is 4.73. The molecule has 0 heterocycles. The average molecular weight is 253 g/mol. The molecule has 0 saturated carbocycles. The molecule has 0 atom stereocenters. The van der Waals surface area contributed by atoms with Gasteiger partial charge in [-0.05, 0) is 42.0 Å². The molecule has 0 aliphatic rings. The summed E-state index contributed by atoms with van der Waals surface area (Å²) in [5, 5.41) is 0. The van der Waals surface area contributed by atoms with Crippen LogP contribution >= 0.6 is 0 Å². The van der Waals surface area contributed by atoms with E-state index in [-0.39, 0.29) is 0 Å². The standard InChI is InChI=1S/C16H17OSi/c1-13-5-2-3-7-16(13)15-10-8-14(9-11-15)6-4-12-17-18/h2-3,5,7-11H,4,6,12H2,1H3. The number of hydrogen-bond donors (Lipinski definition) is 0. The Morgan fingerprint density at radius 2 is 1.72 bits per heavy atom. The molecule has 0 bridgehead atoms. The fraction of sp³-hybridized carbons (Fsp3) is 0.250. The number of benzene rings is 2. The molecule has 18 heavy (non-hydrogen) atoms. The number of hydrogen-bond acceptors (Lipinski definition) is 1. The Morgan fingerprint density at radius 1 is 1.00 bits per heavy atom. The van der Waals surface area contributed by atoms with Gasteiger partial charge in [0.1, 0.15) is 0 Å². The van der Waals surface area contributed by atoms with Gasteiger partial charge in [-0.15, -0.1) is 0 Å². The summed E-state index contributed by atoms with van der Waals surface area (Å²) < 4.78 is 4.88. The highest BCUT2D eigenvalue weighted by Gasteiger charge is 2.00. The van der Waals surface area contributed by atoms with E-state index in [2.05, 4.69) is 65.9 Å². The first-order chi connectivity index (χ1) is 8.81. The predicted molar refractivity (Wildman–Crippen MR) is 76.6 cm³/mol. The molecule has 0 amide bonds. The topological polar surface area (TPSA) is 9.23 Å². The lowest BCUT2D eigenvalue weighted by atomic mass is 9.99. The summed E-state index contributed by atoms with van der Waals surface area (Å²) in [6.45, 7) is 2.90. The van der Waals surface area contributed by atoms with Gasteiger partial charge < -0.3 is 4.43 Å². The maximum Gasteiger partial charge on any atom is 0.246 e. The van der Waals surface area contributed by atoms with Crippen molar-refractivity contribution in [1.82, 2.24) is 0 Å². The van der Waals surface area contributed by atoms with Crippen molar-refractivity contribution in [1.29, 1.82) is 0 Å². The van der Waals surface area contributed by atoms with E-state index < -0.39 is 0 Å². The van der Waals surface area contributed by atoms with E-state index in [1.807, 2.05) is 0 Å². The molecular weight excluding hydrogens is 236 g/mol. The van der Waals surface area contributed by atoms with Gasteiger partial charge in [-0.1, -0.05) is 48.5 Å². The number of rotatable bonds is 5. The van der Waals surface area contributed by atoms with Gasteiger partial charge in [0.05, 0.1) is 0 Å². The molecule has 0 spiro atoms. The van der Waals surface area contributed by atoms with Gasteiger partial charge in [0, 0.05) is 6.61 Å². The highest BCUT2D eigenvalue weighted by atomic mass is 28.2. The van der Waals surface area contributed by atoms with Crippen molar-refractivity contribution in [2.45, 2.75) is 19.8 Å². The van der Waals surface area contributed by atoms with Crippen LogP contribution in [0.1, 0.15) is 17.5 Å². The van der Waals surface area contributed by atoms with Crippen LogP contribution in [0.5, 0.6) is 0 Å². The quantitative estimate of drug-likeness (QED) is 0.583. The second kappa shape index (κ2) is 6.52. The molecular formula is C16H17OSi. The lowest BCUT2D eigenvalue weighted by Gasteiger charge is -2.07. The van der Waals surface area contributed by atoms with Gasteiger partial charge >= 0.3 is 0 Å². The van der Waals surface area contributed by atoms with E-state index in [1.54, 1.807) is 0 Å². The highest BCUT2D eigenvalue weighted by molar-refractivity contribution is 5.97. The van der Waals surface area contributed by atoms with Gasteiger partial charge in [-0.3, -0.25) is 0 Å². The molecule has 0 aliphatic carbocycles. The van der Waals surface area contributed by atoms with Crippen molar-refractivity contribution in [3.63, 3.8) is 0 Å². The maximum absolute atomic E-state index is 4.88. The van der Waals surface area contributed by atoms with Crippen LogP contribution in [-0.2, 0) is 10.8 Å². The molecule has 91 valence electrons. The monoisotopic (exact) mass is 253 g/mol. The predicted octanol–water partition coefficient (Wildman–Crippen LogP) is 3.69. The summed E-state index contributed by atoms with van der Waals surface area (Å²) in [4.78, 5) is 0. The van der Waals surface area contributed by atoms with Crippen LogP contribution in [0.4, 0.5) is 0 Å². The van der Waals surface area contributed by atoms with Gasteiger partial charge in [0.25, 0.3) is 0 Å². The molecule has 0 saturated heterocycles. The van der Waals surface area contributed by atoms with Gasteiger partial charge in [0.2, 0.25) is 10.5 Å². The Hall–Kier alpha value is -1.38. The molecule has 1 nitrogen and oxygen atoms in total. The van der Waals surface area contributed by atoms with Crippen molar-refractivity contribution in [3.05, 3.63) is 59.7 Å². The Labute approximate surface area is 112 Å². The van der Waals surface area contributed by atoms with E-state index in [0.29, 0.717) is 0 Å². The molecule has 2 rings (SSSR count). The Balaban J connectivity index is 2.10. The normalized spacial score (nSPS) is 10.6. The van der Waals surface area contributed by atoms with E-state index in [4.69, 9.17) is 4.43 Å². The zero-order valence-corrected chi connectivity index (χ0v) is 11.6. The molecule has 0 aromatic heterocycles. The minimum Gasteiger partial charge on any atom is -0.419 e. The number of aryl methyl sites for hydroxylation is 2. The Morgan fingerprint density at radius 3 is 2.39 bits per heavy atom. The van der Waals surface area contributed by atoms with E-state index in [0.717, 1.165) is 19.4 Å². The molecule has 2 aromatic carbocycles. The maximum atomic E-state index is 4.88. The van der Waals surface area contributed by atoms with Crippen molar-refractivity contribution >= 4 is 10.5 Å². The molecule has 3 radical (unpaired) electrons. The van der Waals surface area contributed by atoms with E-state index >= 15 is 0 Å². The minimum absolute atomic E-state index is 0.746. The van der Waals surface area contributed by atoms with Gasteiger partial charge in [-0.25, -0.2) is 0 Å². The van der Waals surface area contributed by atoms with Crippen LogP contribution < -0.4 is 0 Å². The van der Waals surface area contributed by atoms with Crippen LogP contribution in [0.15, 0.2) is 48.5 Å². The summed E-state index contributed by atoms with van der Waals surface area (Å²) in [5.41, 5.74) is 5.27. The van der Waals surface area contributed by atoms with Gasteiger partial charge in [-0.2, -0.15) is 0 Å². The third-order valence-electron chi connectivity index (χ3n) is 3.12. The van der Waals surface area contributed by atoms with Crippen LogP contribution in [0.3, 0.4) is 0 Å². The third kappa shape index (κ3) is 3.31. The van der Waals surface area contributed by atoms with Crippen molar-refractivity contribution in [2.75, 3.05) is 6.61 Å². The third-order valence-corrected chi connectivity index (χ3v) is 3.33. The first-order valence-corrected chi connectivity index (χ1v) is 6.65. The second-order valence-corrected chi connectivity index (χ2v) is 4.75. The second-order valence-electron chi connectivity index (χ2n) is 4.46. The molecule has 0 N–H and O–H groups in total. The molecule has 2 aromatic rings. The largest absolute Gasteiger partial charge is 0.419 e. The Bertz CT molecular complexity index is 491. The van der Waals surface area contributed by atoms with Crippen molar-refractivity contribution in [3.8, 4) is 11.1 Å². The van der Waals surface area contributed by atoms with Crippen LogP contribution in [0.2, 0.25) is 0 Å². The SMILES string of the molecule is Cc1ccccc1-c1ccc(CCCO[Si])cc1. The zero-order valence-electron chi connectivity index (χ0n) is 10.6. The summed E-state index contributed by atoms with van der Waals surface area (Å²) in [6, 6.07) is 17.3. The lowest BCUT2D eigenvalue weighted by Crippen LogP contribution is -1.93. The van der Waals surface area contributed by atoms with Crippen molar-refractivity contribution < 1.29 is 4.43 Å². The molecule has 2 heteroatoms. The summed E-state index contributed by atoms with van der Waals surface area (Å²) in [6.07, 6.45) is 2.09.